The standard InChI is InChI=1S/C19H14BrClF3N3O2S2/c1-11-26(10-12-4-5-13(9-14(12)21)19(22,23)24)18-15(3-2-8-25-18)27(11)31(28,29)17-7-6-16(20)30-17/h2-9,11H,10H2,1H3. The van der Waals surface area contributed by atoms with Gasteiger partial charge < -0.3 is 4.90 Å². The number of halogens is 5. The van der Waals surface area contributed by atoms with E-state index < -0.39 is 27.9 Å². The SMILES string of the molecule is CC1N(Cc2ccc(C(F)(F)F)cc2Cl)c2ncccc2N1S(=O)(=O)c1ccc(Br)s1. The summed E-state index contributed by atoms with van der Waals surface area (Å²) in [5.41, 5.74) is -0.0273. The van der Waals surface area contributed by atoms with Gasteiger partial charge in [0, 0.05) is 17.8 Å². The van der Waals surface area contributed by atoms with Crippen LogP contribution in [0, 0.1) is 0 Å². The molecular weight excluding hydrogens is 539 g/mol. The Bertz CT molecular complexity index is 1250. The zero-order valence-electron chi connectivity index (χ0n) is 15.8. The van der Waals surface area contributed by atoms with Gasteiger partial charge in [-0.25, -0.2) is 17.7 Å². The molecule has 0 saturated heterocycles. The van der Waals surface area contributed by atoms with Crippen LogP contribution in [0.25, 0.3) is 0 Å². The summed E-state index contributed by atoms with van der Waals surface area (Å²) < 4.78 is 67.7. The van der Waals surface area contributed by atoms with E-state index in [-0.39, 0.29) is 15.8 Å². The Hall–Kier alpha value is -1.82. The van der Waals surface area contributed by atoms with Crippen molar-refractivity contribution in [1.82, 2.24) is 4.98 Å². The van der Waals surface area contributed by atoms with Gasteiger partial charge in [-0.1, -0.05) is 17.7 Å². The number of hydrogen-bond donors (Lipinski definition) is 0. The molecule has 3 aromatic rings. The van der Waals surface area contributed by atoms with Crippen molar-refractivity contribution in [3.8, 4) is 0 Å². The quantitative estimate of drug-likeness (QED) is 0.390. The van der Waals surface area contributed by atoms with Crippen LogP contribution in [-0.2, 0) is 22.7 Å². The normalized spacial score (nSPS) is 16.6. The fraction of sp³-hybridized carbons (Fsp3) is 0.211. The third-order valence-electron chi connectivity index (χ3n) is 4.85. The number of benzene rings is 1. The lowest BCUT2D eigenvalue weighted by Crippen LogP contribution is -2.43. The molecule has 164 valence electrons. The Morgan fingerprint density at radius 2 is 1.97 bits per heavy atom. The summed E-state index contributed by atoms with van der Waals surface area (Å²) in [7, 11) is -3.88. The molecule has 31 heavy (non-hydrogen) atoms. The van der Waals surface area contributed by atoms with E-state index in [1.54, 1.807) is 30.0 Å². The molecule has 1 aromatic carbocycles. The number of fused-ring (bicyclic) bond motifs is 1. The number of sulfonamides is 1. The molecular formula is C19H14BrClF3N3O2S2. The molecule has 0 aliphatic carbocycles. The topological polar surface area (TPSA) is 53.5 Å². The second-order valence-corrected chi connectivity index (χ2v) is 11.7. The highest BCUT2D eigenvalue weighted by atomic mass is 79.9. The number of thiophene rings is 1. The van der Waals surface area contributed by atoms with Gasteiger partial charge in [-0.2, -0.15) is 13.2 Å². The summed E-state index contributed by atoms with van der Waals surface area (Å²) in [4.78, 5) is 6.03. The number of rotatable bonds is 4. The van der Waals surface area contributed by atoms with Gasteiger partial charge in [0.1, 0.15) is 10.4 Å². The van der Waals surface area contributed by atoms with Crippen LogP contribution < -0.4 is 9.21 Å². The minimum absolute atomic E-state index is 0.0528. The third-order valence-corrected chi connectivity index (χ3v) is 9.17. The van der Waals surface area contributed by atoms with Crippen molar-refractivity contribution in [2.45, 2.75) is 30.0 Å². The maximum atomic E-state index is 13.4. The Morgan fingerprint density at radius 3 is 2.58 bits per heavy atom. The molecule has 12 heteroatoms. The highest BCUT2D eigenvalue weighted by molar-refractivity contribution is 9.11. The van der Waals surface area contributed by atoms with Crippen LogP contribution in [0.1, 0.15) is 18.1 Å². The zero-order chi connectivity index (χ0) is 22.6. The Morgan fingerprint density at radius 1 is 1.23 bits per heavy atom. The maximum Gasteiger partial charge on any atom is 0.416 e. The third kappa shape index (κ3) is 4.04. The zero-order valence-corrected chi connectivity index (χ0v) is 19.7. The fourth-order valence-electron chi connectivity index (χ4n) is 3.39. The lowest BCUT2D eigenvalue weighted by atomic mass is 10.1. The van der Waals surface area contributed by atoms with Gasteiger partial charge in [0.05, 0.1) is 15.0 Å². The van der Waals surface area contributed by atoms with Gasteiger partial charge in [0.15, 0.2) is 5.82 Å². The predicted molar refractivity (Wildman–Crippen MR) is 118 cm³/mol. The molecule has 0 saturated carbocycles. The average Bonchev–Trinajstić information content (AvgIpc) is 3.25. The van der Waals surface area contributed by atoms with Gasteiger partial charge in [-0.3, -0.25) is 0 Å². The first-order valence-corrected chi connectivity index (χ1v) is 12.3. The van der Waals surface area contributed by atoms with Gasteiger partial charge in [0.25, 0.3) is 10.0 Å². The summed E-state index contributed by atoms with van der Waals surface area (Å²) in [5.74, 6) is 0.408. The van der Waals surface area contributed by atoms with E-state index >= 15 is 0 Å². The van der Waals surface area contributed by atoms with E-state index in [1.807, 2.05) is 0 Å². The molecule has 4 rings (SSSR count). The van der Waals surface area contributed by atoms with Crippen LogP contribution in [0.3, 0.4) is 0 Å². The van der Waals surface area contributed by atoms with E-state index in [2.05, 4.69) is 20.9 Å². The van der Waals surface area contributed by atoms with E-state index in [4.69, 9.17) is 11.6 Å². The smallest absolute Gasteiger partial charge is 0.329 e. The number of nitrogens with zero attached hydrogens (tertiary/aromatic N) is 3. The molecule has 1 aliphatic rings. The molecule has 1 atom stereocenters. The molecule has 0 spiro atoms. The van der Waals surface area contributed by atoms with Gasteiger partial charge >= 0.3 is 6.18 Å². The molecule has 1 aliphatic heterocycles. The highest BCUT2D eigenvalue weighted by Crippen LogP contribution is 2.43. The summed E-state index contributed by atoms with van der Waals surface area (Å²) in [6.07, 6.45) is -3.64. The summed E-state index contributed by atoms with van der Waals surface area (Å²) in [6.45, 7) is 1.78. The first-order chi connectivity index (χ1) is 14.5. The molecule has 5 nitrogen and oxygen atoms in total. The van der Waals surface area contributed by atoms with E-state index in [0.717, 1.165) is 23.5 Å². The molecule has 0 radical (unpaired) electrons. The monoisotopic (exact) mass is 551 g/mol. The van der Waals surface area contributed by atoms with Crippen LogP contribution in [0.5, 0.6) is 0 Å². The number of pyridine rings is 1. The van der Waals surface area contributed by atoms with Crippen molar-refractivity contribution in [2.24, 2.45) is 0 Å². The average molecular weight is 553 g/mol. The molecule has 0 N–H and O–H groups in total. The lowest BCUT2D eigenvalue weighted by molar-refractivity contribution is -0.137. The van der Waals surface area contributed by atoms with Crippen LogP contribution in [0.15, 0.2) is 56.7 Å². The van der Waals surface area contributed by atoms with Crippen molar-refractivity contribution >= 4 is 60.4 Å². The van der Waals surface area contributed by atoms with E-state index in [9.17, 15) is 21.6 Å². The maximum absolute atomic E-state index is 13.4. The largest absolute Gasteiger partial charge is 0.416 e. The second-order valence-electron chi connectivity index (χ2n) is 6.77. The minimum Gasteiger partial charge on any atom is -0.329 e. The fourth-order valence-corrected chi connectivity index (χ4v) is 7.36. The first kappa shape index (κ1) is 22.4. The Labute approximate surface area is 194 Å². The summed E-state index contributed by atoms with van der Waals surface area (Å²) in [6, 6.07) is 9.58. The second kappa shape index (κ2) is 7.95. The lowest BCUT2D eigenvalue weighted by Gasteiger charge is -2.29. The molecule has 2 aromatic heterocycles. The molecule has 0 amide bonds. The van der Waals surface area contributed by atoms with Gasteiger partial charge in [-0.05, 0) is 64.8 Å². The predicted octanol–water partition coefficient (Wildman–Crippen LogP) is 6.14. The molecule has 0 fully saturated rings. The van der Waals surface area contributed by atoms with E-state index in [0.29, 0.717) is 20.9 Å². The summed E-state index contributed by atoms with van der Waals surface area (Å²) in [5, 5.41) is -0.0528. The van der Waals surface area contributed by atoms with Gasteiger partial charge in [0.2, 0.25) is 0 Å². The van der Waals surface area contributed by atoms with Crippen molar-refractivity contribution in [3.05, 3.63) is 68.6 Å². The van der Waals surface area contributed by atoms with Crippen LogP contribution in [0.2, 0.25) is 5.02 Å². The Kier molecular flexibility index (Phi) is 5.74. The highest BCUT2D eigenvalue weighted by Gasteiger charge is 2.42. The number of anilines is 2. The molecule has 1 unspecified atom stereocenters. The van der Waals surface area contributed by atoms with Crippen molar-refractivity contribution in [2.75, 3.05) is 9.21 Å². The van der Waals surface area contributed by atoms with E-state index in [1.165, 1.54) is 22.6 Å². The van der Waals surface area contributed by atoms with Crippen LogP contribution in [-0.4, -0.2) is 19.6 Å². The van der Waals surface area contributed by atoms with Crippen LogP contribution in [0.4, 0.5) is 24.7 Å². The first-order valence-electron chi connectivity index (χ1n) is 8.87. The van der Waals surface area contributed by atoms with Crippen molar-refractivity contribution in [1.29, 1.82) is 0 Å². The molecule has 0 bridgehead atoms. The number of alkyl halides is 3. The summed E-state index contributed by atoms with van der Waals surface area (Å²) >= 11 is 10.5. The number of hydrogen-bond acceptors (Lipinski definition) is 5. The van der Waals surface area contributed by atoms with Crippen LogP contribution >= 0.6 is 38.9 Å². The van der Waals surface area contributed by atoms with Gasteiger partial charge in [-0.15, -0.1) is 11.3 Å². The van der Waals surface area contributed by atoms with Crippen molar-refractivity contribution in [3.63, 3.8) is 0 Å². The minimum atomic E-state index is -4.50. The Balaban J connectivity index is 1.72. The number of aromatic nitrogens is 1. The molecule has 3 heterocycles. The van der Waals surface area contributed by atoms with Crippen molar-refractivity contribution < 1.29 is 21.6 Å².